The van der Waals surface area contributed by atoms with Gasteiger partial charge < -0.3 is 14.7 Å². The van der Waals surface area contributed by atoms with Crippen molar-refractivity contribution in [2.75, 3.05) is 13.7 Å². The SMILES string of the molecule is CON(Cc1ccccc1)[C@@H](CO)C(=O)OC(C)(C)C. The zero-order valence-electron chi connectivity index (χ0n) is 12.5. The number of carbonyl (C=O) groups is 1. The Balaban J connectivity index is 2.77. The van der Waals surface area contributed by atoms with Gasteiger partial charge in [0.05, 0.1) is 20.3 Å². The summed E-state index contributed by atoms with van der Waals surface area (Å²) in [5, 5.41) is 10.9. The number of esters is 1. The summed E-state index contributed by atoms with van der Waals surface area (Å²) >= 11 is 0. The molecule has 112 valence electrons. The lowest BCUT2D eigenvalue weighted by Crippen LogP contribution is -2.45. The maximum absolute atomic E-state index is 12.1. The molecule has 0 saturated carbocycles. The second kappa shape index (κ2) is 7.38. The Morgan fingerprint density at radius 2 is 1.90 bits per heavy atom. The Morgan fingerprint density at radius 3 is 2.35 bits per heavy atom. The van der Waals surface area contributed by atoms with E-state index in [0.29, 0.717) is 6.54 Å². The van der Waals surface area contributed by atoms with Crippen molar-refractivity contribution in [2.24, 2.45) is 0 Å². The molecule has 0 aliphatic carbocycles. The summed E-state index contributed by atoms with van der Waals surface area (Å²) in [4.78, 5) is 17.3. The maximum Gasteiger partial charge on any atom is 0.328 e. The third-order valence-corrected chi connectivity index (χ3v) is 2.62. The summed E-state index contributed by atoms with van der Waals surface area (Å²) in [6.45, 7) is 5.38. The number of nitrogens with zero attached hydrogens (tertiary/aromatic N) is 1. The normalized spacial score (nSPS) is 13.3. The van der Waals surface area contributed by atoms with E-state index in [1.165, 1.54) is 12.2 Å². The van der Waals surface area contributed by atoms with Crippen LogP contribution in [0.4, 0.5) is 0 Å². The highest BCUT2D eigenvalue weighted by molar-refractivity contribution is 5.76. The topological polar surface area (TPSA) is 59.0 Å². The van der Waals surface area contributed by atoms with E-state index in [2.05, 4.69) is 0 Å². The second-order valence-electron chi connectivity index (χ2n) is 5.48. The number of benzene rings is 1. The molecule has 5 heteroatoms. The summed E-state index contributed by atoms with van der Waals surface area (Å²) < 4.78 is 5.29. The molecule has 20 heavy (non-hydrogen) atoms. The molecule has 1 N–H and O–H groups in total. The minimum absolute atomic E-state index is 0.365. The van der Waals surface area contributed by atoms with Crippen molar-refractivity contribution in [1.29, 1.82) is 0 Å². The molecule has 5 nitrogen and oxygen atoms in total. The van der Waals surface area contributed by atoms with Gasteiger partial charge in [0.2, 0.25) is 0 Å². The molecule has 0 radical (unpaired) electrons. The van der Waals surface area contributed by atoms with Crippen LogP contribution in [0.5, 0.6) is 0 Å². The lowest BCUT2D eigenvalue weighted by Gasteiger charge is -2.29. The van der Waals surface area contributed by atoms with E-state index in [-0.39, 0.29) is 6.61 Å². The predicted molar refractivity (Wildman–Crippen MR) is 75.7 cm³/mol. The van der Waals surface area contributed by atoms with Crippen molar-refractivity contribution < 1.29 is 19.5 Å². The Kier molecular flexibility index (Phi) is 6.13. The van der Waals surface area contributed by atoms with Crippen LogP contribution in [0.25, 0.3) is 0 Å². The molecule has 0 saturated heterocycles. The maximum atomic E-state index is 12.1. The number of aliphatic hydroxyl groups is 1. The van der Waals surface area contributed by atoms with Crippen LogP contribution >= 0.6 is 0 Å². The molecule has 0 amide bonds. The molecule has 0 aliphatic heterocycles. The Bertz CT molecular complexity index is 414. The lowest BCUT2D eigenvalue weighted by atomic mass is 10.1. The van der Waals surface area contributed by atoms with E-state index in [1.54, 1.807) is 20.8 Å². The molecule has 1 aromatic carbocycles. The monoisotopic (exact) mass is 281 g/mol. The van der Waals surface area contributed by atoms with Gasteiger partial charge in [-0.3, -0.25) is 4.79 Å². The number of ether oxygens (including phenoxy) is 1. The van der Waals surface area contributed by atoms with Gasteiger partial charge in [0, 0.05) is 0 Å². The first-order chi connectivity index (χ1) is 9.37. The first-order valence-electron chi connectivity index (χ1n) is 6.56. The molecular weight excluding hydrogens is 258 g/mol. The van der Waals surface area contributed by atoms with Gasteiger partial charge in [-0.1, -0.05) is 30.3 Å². The van der Waals surface area contributed by atoms with Crippen molar-refractivity contribution in [3.63, 3.8) is 0 Å². The van der Waals surface area contributed by atoms with E-state index in [4.69, 9.17) is 9.57 Å². The third-order valence-electron chi connectivity index (χ3n) is 2.62. The van der Waals surface area contributed by atoms with Crippen LogP contribution in [0, 0.1) is 0 Å². The number of aliphatic hydroxyl groups excluding tert-OH is 1. The number of rotatable bonds is 6. The van der Waals surface area contributed by atoms with Gasteiger partial charge in [-0.25, -0.2) is 0 Å². The Labute approximate surface area is 120 Å². The molecule has 0 aromatic heterocycles. The fourth-order valence-corrected chi connectivity index (χ4v) is 1.72. The molecule has 0 fully saturated rings. The summed E-state index contributed by atoms with van der Waals surface area (Å²) in [5.41, 5.74) is 0.382. The largest absolute Gasteiger partial charge is 0.459 e. The van der Waals surface area contributed by atoms with Gasteiger partial charge >= 0.3 is 5.97 Å². The van der Waals surface area contributed by atoms with Gasteiger partial charge in [-0.15, -0.1) is 0 Å². The van der Waals surface area contributed by atoms with E-state index in [0.717, 1.165) is 5.56 Å². The quantitative estimate of drug-likeness (QED) is 0.636. The average Bonchev–Trinajstić information content (AvgIpc) is 2.37. The smallest absolute Gasteiger partial charge is 0.328 e. The van der Waals surface area contributed by atoms with Crippen LogP contribution in [0.3, 0.4) is 0 Å². The van der Waals surface area contributed by atoms with Crippen LogP contribution in [0.2, 0.25) is 0 Å². The first-order valence-corrected chi connectivity index (χ1v) is 6.56. The van der Waals surface area contributed by atoms with Gasteiger partial charge in [0.1, 0.15) is 5.60 Å². The van der Waals surface area contributed by atoms with E-state index in [1.807, 2.05) is 30.3 Å². The number of hydroxylamine groups is 2. The molecule has 1 rings (SSSR count). The van der Waals surface area contributed by atoms with Crippen LogP contribution in [0.1, 0.15) is 26.3 Å². The van der Waals surface area contributed by atoms with Gasteiger partial charge in [-0.05, 0) is 26.3 Å². The molecular formula is C15H23NO4. The zero-order valence-corrected chi connectivity index (χ0v) is 12.5. The van der Waals surface area contributed by atoms with Gasteiger partial charge in [0.15, 0.2) is 6.04 Å². The van der Waals surface area contributed by atoms with Crippen LogP contribution in [-0.2, 0) is 20.9 Å². The van der Waals surface area contributed by atoms with Crippen LogP contribution in [-0.4, -0.2) is 41.5 Å². The van der Waals surface area contributed by atoms with Crippen LogP contribution in [0.15, 0.2) is 30.3 Å². The fourth-order valence-electron chi connectivity index (χ4n) is 1.72. The highest BCUT2D eigenvalue weighted by Gasteiger charge is 2.30. The Hall–Kier alpha value is -1.43. The zero-order chi connectivity index (χ0) is 15.2. The second-order valence-corrected chi connectivity index (χ2v) is 5.48. The van der Waals surface area contributed by atoms with E-state index >= 15 is 0 Å². The minimum atomic E-state index is -0.848. The van der Waals surface area contributed by atoms with E-state index in [9.17, 15) is 9.90 Å². The van der Waals surface area contributed by atoms with Crippen molar-refractivity contribution >= 4 is 5.97 Å². The molecule has 1 aromatic rings. The number of hydrogen-bond donors (Lipinski definition) is 1. The molecule has 0 unspecified atom stereocenters. The number of carbonyl (C=O) groups excluding carboxylic acids is 1. The minimum Gasteiger partial charge on any atom is -0.459 e. The van der Waals surface area contributed by atoms with Gasteiger partial charge in [0.25, 0.3) is 0 Å². The molecule has 1 atom stereocenters. The molecule has 0 bridgehead atoms. The van der Waals surface area contributed by atoms with Crippen molar-refractivity contribution in [3.05, 3.63) is 35.9 Å². The first kappa shape index (κ1) is 16.6. The van der Waals surface area contributed by atoms with Crippen molar-refractivity contribution in [1.82, 2.24) is 5.06 Å². The predicted octanol–water partition coefficient (Wildman–Crippen LogP) is 1.75. The summed E-state index contributed by atoms with van der Waals surface area (Å²) in [5.74, 6) is -0.502. The average molecular weight is 281 g/mol. The van der Waals surface area contributed by atoms with Gasteiger partial charge in [-0.2, -0.15) is 5.06 Å². The van der Waals surface area contributed by atoms with Crippen LogP contribution < -0.4 is 0 Å². The Morgan fingerprint density at radius 1 is 1.30 bits per heavy atom. The summed E-state index contributed by atoms with van der Waals surface area (Å²) in [6, 6.07) is 8.73. The fraction of sp³-hybridized carbons (Fsp3) is 0.533. The molecule has 0 heterocycles. The van der Waals surface area contributed by atoms with E-state index < -0.39 is 17.6 Å². The summed E-state index contributed by atoms with van der Waals surface area (Å²) in [6.07, 6.45) is 0. The number of hydrogen-bond acceptors (Lipinski definition) is 5. The van der Waals surface area contributed by atoms with Crippen molar-refractivity contribution in [2.45, 2.75) is 39.0 Å². The highest BCUT2D eigenvalue weighted by Crippen LogP contribution is 2.14. The molecule has 0 aliphatic rings. The lowest BCUT2D eigenvalue weighted by molar-refractivity contribution is -0.204. The highest BCUT2D eigenvalue weighted by atomic mass is 16.7. The standard InChI is InChI=1S/C15H23NO4/c1-15(2,3)20-14(18)13(11-17)16(19-4)10-12-8-6-5-7-9-12/h5-9,13,17H,10-11H2,1-4H3/t13-/m0/s1. The summed E-state index contributed by atoms with van der Waals surface area (Å²) in [7, 11) is 1.47. The molecule has 0 spiro atoms. The third kappa shape index (κ3) is 5.28. The van der Waals surface area contributed by atoms with Crippen molar-refractivity contribution in [3.8, 4) is 0 Å².